The van der Waals surface area contributed by atoms with Crippen LogP contribution < -0.4 is 10.4 Å². The van der Waals surface area contributed by atoms with Crippen LogP contribution in [0.4, 0.5) is 10.5 Å². The Morgan fingerprint density at radius 2 is 2.36 bits per heavy atom. The molecule has 0 heterocycles. The van der Waals surface area contributed by atoms with Gasteiger partial charge in [-0.25, -0.2) is 10.3 Å². The van der Waals surface area contributed by atoms with E-state index in [0.717, 1.165) is 11.3 Å². The van der Waals surface area contributed by atoms with Gasteiger partial charge in [0.15, 0.2) is 0 Å². The summed E-state index contributed by atoms with van der Waals surface area (Å²) in [5, 5.41) is 0. The molecule has 0 unspecified atom stereocenters. The smallest absolute Gasteiger partial charge is 0.296 e. The molecule has 4 nitrogen and oxygen atoms in total. The Hall–Kier alpha value is -1.55. The first-order valence-corrected chi connectivity index (χ1v) is 4.20. The highest BCUT2D eigenvalue weighted by Crippen LogP contribution is 2.13. The number of rotatable bonds is 2. The van der Waals surface area contributed by atoms with Gasteiger partial charge in [-0.15, -0.1) is 0 Å². The molecule has 1 N–H and O–H groups in total. The molecule has 1 radical (unpaired) electrons. The molecule has 14 heavy (non-hydrogen) atoms. The standard InChI is InChI=1S/C10H13N2O2/c1-8-5-4-6-9(7-8)12(2)10(13)11-14-3/h4,6-7H,1-3H3,(H,11,13). The van der Waals surface area contributed by atoms with E-state index in [-0.39, 0.29) is 6.03 Å². The van der Waals surface area contributed by atoms with Crippen molar-refractivity contribution in [3.05, 3.63) is 29.8 Å². The van der Waals surface area contributed by atoms with Gasteiger partial charge in [-0.05, 0) is 30.7 Å². The SMILES string of the molecule is CONC(=O)N(C)c1cc[c]c(C)c1. The van der Waals surface area contributed by atoms with E-state index >= 15 is 0 Å². The molecule has 0 saturated heterocycles. The Labute approximate surface area is 83.4 Å². The van der Waals surface area contributed by atoms with Crippen LogP contribution in [-0.2, 0) is 4.84 Å². The third-order valence-electron chi connectivity index (χ3n) is 1.81. The predicted octanol–water partition coefficient (Wildman–Crippen LogP) is 1.50. The largest absolute Gasteiger partial charge is 0.345 e. The first kappa shape index (κ1) is 10.5. The average molecular weight is 193 g/mol. The van der Waals surface area contributed by atoms with Crippen LogP contribution in [0.25, 0.3) is 0 Å². The number of carbonyl (C=O) groups excluding carboxylic acids is 1. The normalized spacial score (nSPS) is 9.64. The molecule has 0 aliphatic rings. The van der Waals surface area contributed by atoms with Crippen molar-refractivity contribution < 1.29 is 9.63 Å². The third kappa shape index (κ3) is 2.47. The molecule has 0 saturated carbocycles. The van der Waals surface area contributed by atoms with Crippen LogP contribution in [0.15, 0.2) is 18.2 Å². The van der Waals surface area contributed by atoms with Gasteiger partial charge in [0.1, 0.15) is 0 Å². The van der Waals surface area contributed by atoms with E-state index in [1.807, 2.05) is 19.1 Å². The zero-order valence-electron chi connectivity index (χ0n) is 8.50. The fourth-order valence-corrected chi connectivity index (χ4v) is 1.05. The van der Waals surface area contributed by atoms with Crippen molar-refractivity contribution in [3.8, 4) is 0 Å². The molecule has 4 heteroatoms. The van der Waals surface area contributed by atoms with Gasteiger partial charge < -0.3 is 0 Å². The summed E-state index contributed by atoms with van der Waals surface area (Å²) >= 11 is 0. The summed E-state index contributed by atoms with van der Waals surface area (Å²) < 4.78 is 0. The average Bonchev–Trinajstić information content (AvgIpc) is 2.17. The Morgan fingerprint density at radius 1 is 1.64 bits per heavy atom. The van der Waals surface area contributed by atoms with Gasteiger partial charge in [-0.2, -0.15) is 0 Å². The Bertz CT molecular complexity index is 326. The number of urea groups is 1. The molecule has 1 rings (SSSR count). The molecule has 0 atom stereocenters. The first-order chi connectivity index (χ1) is 6.65. The fourth-order valence-electron chi connectivity index (χ4n) is 1.05. The highest BCUT2D eigenvalue weighted by molar-refractivity contribution is 5.90. The number of hydroxylamine groups is 1. The minimum absolute atomic E-state index is 0.307. The van der Waals surface area contributed by atoms with E-state index in [9.17, 15) is 4.79 Å². The van der Waals surface area contributed by atoms with E-state index in [2.05, 4.69) is 16.4 Å². The monoisotopic (exact) mass is 193 g/mol. The van der Waals surface area contributed by atoms with Gasteiger partial charge in [0.05, 0.1) is 7.11 Å². The van der Waals surface area contributed by atoms with Gasteiger partial charge >= 0.3 is 6.03 Å². The summed E-state index contributed by atoms with van der Waals surface area (Å²) in [7, 11) is 3.07. The molecule has 0 aliphatic heterocycles. The van der Waals surface area contributed by atoms with Crippen molar-refractivity contribution in [2.45, 2.75) is 6.92 Å². The lowest BCUT2D eigenvalue weighted by Crippen LogP contribution is -2.36. The molecule has 75 valence electrons. The third-order valence-corrected chi connectivity index (χ3v) is 1.81. The number of anilines is 1. The lowest BCUT2D eigenvalue weighted by Gasteiger charge is -2.17. The molecule has 2 amide bonds. The summed E-state index contributed by atoms with van der Waals surface area (Å²) in [4.78, 5) is 17.3. The van der Waals surface area contributed by atoms with Gasteiger partial charge in [-0.1, -0.05) is 6.07 Å². The Kier molecular flexibility index (Phi) is 3.48. The van der Waals surface area contributed by atoms with Gasteiger partial charge in [0.2, 0.25) is 0 Å². The van der Waals surface area contributed by atoms with Crippen LogP contribution in [0.2, 0.25) is 0 Å². The predicted molar refractivity (Wildman–Crippen MR) is 54.0 cm³/mol. The van der Waals surface area contributed by atoms with E-state index < -0.39 is 0 Å². The number of carbonyl (C=O) groups is 1. The lowest BCUT2D eigenvalue weighted by atomic mass is 10.2. The van der Waals surface area contributed by atoms with Crippen molar-refractivity contribution in [1.29, 1.82) is 0 Å². The molecule has 0 spiro atoms. The maximum atomic E-state index is 11.3. The molecule has 1 aromatic carbocycles. The second-order valence-electron chi connectivity index (χ2n) is 2.90. The quantitative estimate of drug-likeness (QED) is 0.723. The number of nitrogens with zero attached hydrogens (tertiary/aromatic N) is 1. The Balaban J connectivity index is 2.78. The highest BCUT2D eigenvalue weighted by atomic mass is 16.6. The van der Waals surface area contributed by atoms with Crippen molar-refractivity contribution in [1.82, 2.24) is 5.48 Å². The summed E-state index contributed by atoms with van der Waals surface area (Å²) in [6.45, 7) is 1.92. The number of nitrogens with one attached hydrogen (secondary N) is 1. The van der Waals surface area contributed by atoms with Crippen LogP contribution in [0.3, 0.4) is 0 Å². The maximum Gasteiger partial charge on any atom is 0.345 e. The van der Waals surface area contributed by atoms with Crippen molar-refractivity contribution in [2.75, 3.05) is 19.1 Å². The van der Waals surface area contributed by atoms with Crippen LogP contribution in [0.1, 0.15) is 5.56 Å². The maximum absolute atomic E-state index is 11.3. The second-order valence-corrected chi connectivity index (χ2v) is 2.90. The number of amides is 2. The second kappa shape index (κ2) is 4.62. The fraction of sp³-hybridized carbons (Fsp3) is 0.300. The van der Waals surface area contributed by atoms with Crippen LogP contribution in [0.5, 0.6) is 0 Å². The molecule has 0 bridgehead atoms. The van der Waals surface area contributed by atoms with Gasteiger partial charge in [0.25, 0.3) is 0 Å². The zero-order chi connectivity index (χ0) is 10.6. The molecule has 0 aromatic heterocycles. The number of hydrogen-bond donors (Lipinski definition) is 1. The summed E-state index contributed by atoms with van der Waals surface area (Å²) in [6, 6.07) is 8.16. The van der Waals surface area contributed by atoms with Crippen LogP contribution in [-0.4, -0.2) is 20.2 Å². The number of benzene rings is 1. The van der Waals surface area contributed by atoms with Crippen LogP contribution >= 0.6 is 0 Å². The highest BCUT2D eigenvalue weighted by Gasteiger charge is 2.09. The minimum Gasteiger partial charge on any atom is -0.296 e. The van der Waals surface area contributed by atoms with Crippen molar-refractivity contribution in [3.63, 3.8) is 0 Å². The zero-order valence-corrected chi connectivity index (χ0v) is 8.50. The molecule has 0 fully saturated rings. The van der Waals surface area contributed by atoms with Crippen LogP contribution in [0, 0.1) is 13.0 Å². The van der Waals surface area contributed by atoms with Gasteiger partial charge in [-0.3, -0.25) is 9.74 Å². The molecular formula is C10H13N2O2. The molecule has 0 aliphatic carbocycles. The minimum atomic E-state index is -0.307. The summed E-state index contributed by atoms with van der Waals surface area (Å²) in [6.07, 6.45) is 0. The van der Waals surface area contributed by atoms with E-state index in [4.69, 9.17) is 0 Å². The number of hydrogen-bond acceptors (Lipinski definition) is 2. The van der Waals surface area contributed by atoms with E-state index in [1.165, 1.54) is 12.0 Å². The van der Waals surface area contributed by atoms with E-state index in [1.54, 1.807) is 13.1 Å². The van der Waals surface area contributed by atoms with E-state index in [0.29, 0.717) is 0 Å². The number of aryl methyl sites for hydroxylation is 1. The molecule has 1 aromatic rings. The van der Waals surface area contributed by atoms with Crippen molar-refractivity contribution >= 4 is 11.7 Å². The lowest BCUT2D eigenvalue weighted by molar-refractivity contribution is 0.111. The van der Waals surface area contributed by atoms with Crippen molar-refractivity contribution in [2.24, 2.45) is 0 Å². The first-order valence-electron chi connectivity index (χ1n) is 4.20. The topological polar surface area (TPSA) is 41.6 Å². The summed E-state index contributed by atoms with van der Waals surface area (Å²) in [5.74, 6) is 0. The molecular weight excluding hydrogens is 180 g/mol. The summed E-state index contributed by atoms with van der Waals surface area (Å²) in [5.41, 5.74) is 4.03. The van der Waals surface area contributed by atoms with Gasteiger partial charge in [0, 0.05) is 12.7 Å². The Morgan fingerprint density at radius 3 is 2.93 bits per heavy atom.